The van der Waals surface area contributed by atoms with Crippen LogP contribution in [0, 0.1) is 0 Å². The third-order valence-electron chi connectivity index (χ3n) is 5.96. The molecular formula is C27H27N3O3S. The van der Waals surface area contributed by atoms with Crippen LogP contribution in [0.1, 0.15) is 37.9 Å². The number of carbonyl (C=O) groups is 2. The van der Waals surface area contributed by atoms with Crippen LogP contribution in [0.25, 0.3) is 0 Å². The van der Waals surface area contributed by atoms with E-state index >= 15 is 0 Å². The number of rotatable bonds is 5. The van der Waals surface area contributed by atoms with Gasteiger partial charge in [-0.3, -0.25) is 15.0 Å². The number of methoxy groups -OCH3 is 1. The van der Waals surface area contributed by atoms with Crippen LogP contribution in [0.5, 0.6) is 0 Å². The minimum atomic E-state index is -0.486. The molecule has 0 unspecified atom stereocenters. The molecular weight excluding hydrogens is 446 g/mol. The van der Waals surface area contributed by atoms with Gasteiger partial charge < -0.3 is 9.64 Å². The molecule has 6 nitrogen and oxygen atoms in total. The van der Waals surface area contributed by atoms with Gasteiger partial charge in [0.1, 0.15) is 0 Å². The summed E-state index contributed by atoms with van der Waals surface area (Å²) in [4.78, 5) is 28.9. The maximum absolute atomic E-state index is 12.7. The summed E-state index contributed by atoms with van der Waals surface area (Å²) in [6.45, 7) is 3.03. The van der Waals surface area contributed by atoms with Gasteiger partial charge in [0.05, 0.1) is 18.7 Å². The number of nitrogens with zero attached hydrogens (tertiary/aromatic N) is 2. The molecule has 0 atom stereocenters. The van der Waals surface area contributed by atoms with Crippen LogP contribution >= 0.6 is 12.2 Å². The SMILES string of the molecule is COC(=O)c1cccc(C(=O)NC(=S)N2CCN(C(c3ccccc3)c3ccccc3)CC2)c1. The number of ether oxygens (including phenoxy) is 1. The Hall–Kier alpha value is -3.55. The zero-order valence-electron chi connectivity index (χ0n) is 19.0. The summed E-state index contributed by atoms with van der Waals surface area (Å²) in [6.07, 6.45) is 0. The molecule has 0 bridgehead atoms. The van der Waals surface area contributed by atoms with Crippen LogP contribution in [0.3, 0.4) is 0 Å². The number of amides is 1. The zero-order valence-corrected chi connectivity index (χ0v) is 19.8. The Labute approximate surface area is 205 Å². The van der Waals surface area contributed by atoms with Crippen LogP contribution in [-0.2, 0) is 4.74 Å². The first-order valence-corrected chi connectivity index (χ1v) is 11.6. The highest BCUT2D eigenvalue weighted by Crippen LogP contribution is 2.29. The van der Waals surface area contributed by atoms with Gasteiger partial charge in [0, 0.05) is 31.7 Å². The molecule has 1 aliphatic heterocycles. The van der Waals surface area contributed by atoms with Crippen LogP contribution in [0.2, 0.25) is 0 Å². The molecule has 0 saturated carbocycles. The van der Waals surface area contributed by atoms with Gasteiger partial charge in [-0.25, -0.2) is 4.79 Å². The fourth-order valence-electron chi connectivity index (χ4n) is 4.22. The number of piperazine rings is 1. The molecule has 1 aliphatic rings. The molecule has 0 radical (unpaired) electrons. The van der Waals surface area contributed by atoms with Crippen molar-refractivity contribution in [2.75, 3.05) is 33.3 Å². The molecule has 34 heavy (non-hydrogen) atoms. The van der Waals surface area contributed by atoms with E-state index in [0.717, 1.165) is 13.1 Å². The Bertz CT molecular complexity index is 1110. The van der Waals surface area contributed by atoms with Crippen molar-refractivity contribution in [2.24, 2.45) is 0 Å². The smallest absolute Gasteiger partial charge is 0.337 e. The Balaban J connectivity index is 1.40. The summed E-state index contributed by atoms with van der Waals surface area (Å²) in [5, 5.41) is 3.20. The predicted octanol–water partition coefficient (Wildman–Crippen LogP) is 3.90. The van der Waals surface area contributed by atoms with E-state index in [0.29, 0.717) is 29.3 Å². The number of hydrogen-bond acceptors (Lipinski definition) is 5. The van der Waals surface area contributed by atoms with E-state index in [1.165, 1.54) is 24.3 Å². The van der Waals surface area contributed by atoms with E-state index in [1.54, 1.807) is 18.2 Å². The first-order valence-electron chi connectivity index (χ1n) is 11.2. The maximum atomic E-state index is 12.7. The van der Waals surface area contributed by atoms with Crippen molar-refractivity contribution >= 4 is 29.2 Å². The van der Waals surface area contributed by atoms with Crippen molar-refractivity contribution in [2.45, 2.75) is 6.04 Å². The molecule has 3 aromatic rings. The molecule has 3 aromatic carbocycles. The highest BCUT2D eigenvalue weighted by atomic mass is 32.1. The minimum absolute atomic E-state index is 0.161. The predicted molar refractivity (Wildman–Crippen MR) is 136 cm³/mol. The van der Waals surface area contributed by atoms with Gasteiger partial charge in [0.2, 0.25) is 0 Å². The quantitative estimate of drug-likeness (QED) is 0.448. The van der Waals surface area contributed by atoms with E-state index in [-0.39, 0.29) is 11.9 Å². The van der Waals surface area contributed by atoms with Crippen molar-refractivity contribution in [1.29, 1.82) is 0 Å². The Morgan fingerprint density at radius 2 is 1.38 bits per heavy atom. The first-order chi connectivity index (χ1) is 16.6. The third-order valence-corrected chi connectivity index (χ3v) is 6.32. The molecule has 0 aromatic heterocycles. The average Bonchev–Trinajstić information content (AvgIpc) is 2.90. The molecule has 7 heteroatoms. The second-order valence-corrected chi connectivity index (χ2v) is 8.47. The largest absolute Gasteiger partial charge is 0.465 e. The summed E-state index contributed by atoms with van der Waals surface area (Å²) in [6, 6.07) is 27.6. The van der Waals surface area contributed by atoms with Crippen molar-refractivity contribution < 1.29 is 14.3 Å². The number of esters is 1. The van der Waals surface area contributed by atoms with Gasteiger partial charge in [-0.2, -0.15) is 0 Å². The van der Waals surface area contributed by atoms with E-state index in [1.807, 2.05) is 17.0 Å². The van der Waals surface area contributed by atoms with Crippen LogP contribution in [-0.4, -0.2) is 60.1 Å². The number of carbonyl (C=O) groups excluding carboxylic acids is 2. The summed E-state index contributed by atoms with van der Waals surface area (Å²) >= 11 is 5.53. The summed E-state index contributed by atoms with van der Waals surface area (Å²) in [7, 11) is 1.31. The Morgan fingerprint density at radius 1 is 0.824 bits per heavy atom. The molecule has 0 aliphatic carbocycles. The fourth-order valence-corrected chi connectivity index (χ4v) is 4.50. The standard InChI is InChI=1S/C27H27N3O3S/c1-33-26(32)23-14-8-13-22(19-23)25(31)28-27(34)30-17-15-29(16-18-30)24(20-9-4-2-5-10-20)21-11-6-3-7-12-21/h2-14,19,24H,15-18H2,1H3,(H,28,31,34). The van der Waals surface area contributed by atoms with Gasteiger partial charge in [0.15, 0.2) is 5.11 Å². The van der Waals surface area contributed by atoms with Gasteiger partial charge in [-0.15, -0.1) is 0 Å². The van der Waals surface area contributed by atoms with Gasteiger partial charge in [0.25, 0.3) is 5.91 Å². The average molecular weight is 474 g/mol. The number of thiocarbonyl (C=S) groups is 1. The van der Waals surface area contributed by atoms with Gasteiger partial charge in [-0.05, 0) is 41.5 Å². The fraction of sp³-hybridized carbons (Fsp3) is 0.222. The number of nitrogens with one attached hydrogen (secondary N) is 1. The Morgan fingerprint density at radius 3 is 1.94 bits per heavy atom. The van der Waals surface area contributed by atoms with Gasteiger partial charge >= 0.3 is 5.97 Å². The van der Waals surface area contributed by atoms with E-state index in [2.05, 4.69) is 58.7 Å². The summed E-state index contributed by atoms with van der Waals surface area (Å²) < 4.78 is 4.73. The van der Waals surface area contributed by atoms with Gasteiger partial charge in [-0.1, -0.05) is 66.7 Å². The van der Waals surface area contributed by atoms with Crippen LogP contribution in [0.15, 0.2) is 84.9 Å². The van der Waals surface area contributed by atoms with Crippen molar-refractivity contribution in [3.8, 4) is 0 Å². The van der Waals surface area contributed by atoms with Crippen molar-refractivity contribution in [1.82, 2.24) is 15.1 Å². The monoisotopic (exact) mass is 473 g/mol. The van der Waals surface area contributed by atoms with E-state index in [4.69, 9.17) is 17.0 Å². The van der Waals surface area contributed by atoms with Crippen LogP contribution < -0.4 is 5.32 Å². The summed E-state index contributed by atoms with van der Waals surface area (Å²) in [5.74, 6) is -0.829. The lowest BCUT2D eigenvalue weighted by atomic mass is 9.96. The second kappa shape index (κ2) is 11.0. The van der Waals surface area contributed by atoms with E-state index in [9.17, 15) is 9.59 Å². The highest BCUT2D eigenvalue weighted by Gasteiger charge is 2.27. The maximum Gasteiger partial charge on any atom is 0.337 e. The molecule has 1 amide bonds. The second-order valence-electron chi connectivity index (χ2n) is 8.08. The van der Waals surface area contributed by atoms with E-state index < -0.39 is 5.97 Å². The molecule has 1 saturated heterocycles. The lowest BCUT2D eigenvalue weighted by Gasteiger charge is -2.40. The highest BCUT2D eigenvalue weighted by molar-refractivity contribution is 7.80. The third kappa shape index (κ3) is 5.50. The minimum Gasteiger partial charge on any atom is -0.465 e. The molecule has 1 fully saturated rings. The van der Waals surface area contributed by atoms with Crippen molar-refractivity contribution in [3.05, 3.63) is 107 Å². The Kier molecular flexibility index (Phi) is 7.67. The molecule has 0 spiro atoms. The molecule has 4 rings (SSSR count). The number of benzene rings is 3. The zero-order chi connectivity index (χ0) is 23.9. The summed E-state index contributed by atoms with van der Waals surface area (Å²) in [5.41, 5.74) is 3.19. The first kappa shape index (κ1) is 23.6. The molecule has 1 heterocycles. The van der Waals surface area contributed by atoms with Crippen LogP contribution in [0.4, 0.5) is 0 Å². The topological polar surface area (TPSA) is 61.9 Å². The lowest BCUT2D eigenvalue weighted by molar-refractivity contribution is 0.0600. The lowest BCUT2D eigenvalue weighted by Crippen LogP contribution is -2.53. The van der Waals surface area contributed by atoms with Crippen molar-refractivity contribution in [3.63, 3.8) is 0 Å². The normalized spacial score (nSPS) is 14.0. The molecule has 1 N–H and O–H groups in total. The number of hydrogen-bond donors (Lipinski definition) is 1. The molecule has 174 valence electrons.